The minimum atomic E-state index is -0.310. The number of nitrogens with one attached hydrogen (secondary N) is 1. The number of hydrogen-bond donors (Lipinski definition) is 1. The monoisotopic (exact) mass is 297 g/mol. The first-order valence-corrected chi connectivity index (χ1v) is 7.28. The quantitative estimate of drug-likeness (QED) is 0.904. The van der Waals surface area contributed by atoms with Crippen LogP contribution in [0.3, 0.4) is 0 Å². The van der Waals surface area contributed by atoms with E-state index in [-0.39, 0.29) is 11.1 Å². The summed E-state index contributed by atoms with van der Waals surface area (Å²) in [6.07, 6.45) is 0. The molecule has 0 saturated carbocycles. The molecule has 0 fully saturated rings. The number of aryl methyl sites for hydroxylation is 2. The molecule has 1 heterocycles. The first kappa shape index (κ1) is 15.9. The molecule has 1 unspecified atom stereocenters. The van der Waals surface area contributed by atoms with Crippen LogP contribution in [0.5, 0.6) is 0 Å². The lowest BCUT2D eigenvalue weighted by atomic mass is 10.1. The summed E-state index contributed by atoms with van der Waals surface area (Å²) in [6.45, 7) is 6.90. The number of nitriles is 1. The van der Waals surface area contributed by atoms with Crippen molar-refractivity contribution in [1.82, 2.24) is 9.78 Å². The standard InChI is InChI=1S/C17H20N4O/c1-12-7-5-6-8-15(12)10-20(4)11-21-17(22)16(9-18)13(2)14(3)19-21/h5-8H,10-11H2,1-4H3/p+1. The Morgan fingerprint density at radius 2 is 1.95 bits per heavy atom. The van der Waals surface area contributed by atoms with E-state index in [4.69, 9.17) is 5.26 Å². The molecule has 0 aliphatic heterocycles. The fraction of sp³-hybridized carbons (Fsp3) is 0.353. The van der Waals surface area contributed by atoms with Crippen LogP contribution >= 0.6 is 0 Å². The third kappa shape index (κ3) is 3.23. The van der Waals surface area contributed by atoms with Crippen LogP contribution in [0.15, 0.2) is 29.1 Å². The van der Waals surface area contributed by atoms with Crippen molar-refractivity contribution in [3.8, 4) is 6.07 Å². The van der Waals surface area contributed by atoms with Crippen LogP contribution in [0, 0.1) is 32.1 Å². The first-order valence-electron chi connectivity index (χ1n) is 7.28. The van der Waals surface area contributed by atoms with Crippen molar-refractivity contribution in [1.29, 1.82) is 5.26 Å². The van der Waals surface area contributed by atoms with Gasteiger partial charge in [0, 0.05) is 5.56 Å². The number of quaternary nitrogens is 1. The lowest BCUT2D eigenvalue weighted by Crippen LogP contribution is -3.07. The Kier molecular flexibility index (Phi) is 4.74. The zero-order valence-corrected chi connectivity index (χ0v) is 13.5. The first-order chi connectivity index (χ1) is 10.4. The van der Waals surface area contributed by atoms with Crippen molar-refractivity contribution in [3.05, 3.63) is 62.6 Å². The fourth-order valence-corrected chi connectivity index (χ4v) is 2.46. The number of benzene rings is 1. The molecule has 1 atom stereocenters. The van der Waals surface area contributed by atoms with Gasteiger partial charge in [-0.1, -0.05) is 24.3 Å². The van der Waals surface area contributed by atoms with Gasteiger partial charge in [0.2, 0.25) is 0 Å². The number of hydrogen-bond acceptors (Lipinski definition) is 3. The number of rotatable bonds is 4. The molecule has 5 heteroatoms. The predicted molar refractivity (Wildman–Crippen MR) is 84.5 cm³/mol. The van der Waals surface area contributed by atoms with Crippen LogP contribution in [0.2, 0.25) is 0 Å². The Morgan fingerprint density at radius 1 is 1.27 bits per heavy atom. The maximum Gasteiger partial charge on any atom is 0.289 e. The van der Waals surface area contributed by atoms with Crippen molar-refractivity contribution < 1.29 is 4.90 Å². The van der Waals surface area contributed by atoms with Gasteiger partial charge < -0.3 is 4.90 Å². The van der Waals surface area contributed by atoms with Crippen LogP contribution in [0.4, 0.5) is 0 Å². The highest BCUT2D eigenvalue weighted by Crippen LogP contribution is 2.05. The van der Waals surface area contributed by atoms with Crippen molar-refractivity contribution in [2.24, 2.45) is 0 Å². The molecule has 2 aromatic rings. The fourth-order valence-electron chi connectivity index (χ4n) is 2.46. The highest BCUT2D eigenvalue weighted by Gasteiger charge is 2.14. The molecule has 0 aliphatic rings. The summed E-state index contributed by atoms with van der Waals surface area (Å²) < 4.78 is 1.40. The summed E-state index contributed by atoms with van der Waals surface area (Å²) in [5, 5.41) is 13.5. The largest absolute Gasteiger partial charge is 0.315 e. The molecular formula is C17H21N4O+. The summed E-state index contributed by atoms with van der Waals surface area (Å²) in [6, 6.07) is 10.2. The normalized spacial score (nSPS) is 12.0. The van der Waals surface area contributed by atoms with Crippen molar-refractivity contribution >= 4 is 0 Å². The van der Waals surface area contributed by atoms with Crippen LogP contribution in [0.25, 0.3) is 0 Å². The van der Waals surface area contributed by atoms with Crippen molar-refractivity contribution in [2.45, 2.75) is 34.0 Å². The van der Waals surface area contributed by atoms with Gasteiger partial charge in [-0.3, -0.25) is 4.79 Å². The van der Waals surface area contributed by atoms with Crippen LogP contribution < -0.4 is 10.5 Å². The summed E-state index contributed by atoms with van der Waals surface area (Å²) in [5.74, 6) is 0. The van der Waals surface area contributed by atoms with E-state index in [0.717, 1.165) is 17.1 Å². The van der Waals surface area contributed by atoms with Gasteiger partial charge in [-0.2, -0.15) is 15.0 Å². The Labute approximate surface area is 130 Å². The topological polar surface area (TPSA) is 63.1 Å². The molecule has 0 bridgehead atoms. The molecule has 0 saturated heterocycles. The van der Waals surface area contributed by atoms with Gasteiger partial charge in [-0.25, -0.2) is 0 Å². The van der Waals surface area contributed by atoms with Crippen molar-refractivity contribution in [2.75, 3.05) is 7.05 Å². The summed E-state index contributed by atoms with van der Waals surface area (Å²) >= 11 is 0. The van der Waals surface area contributed by atoms with Crippen LogP contribution in [-0.4, -0.2) is 16.8 Å². The van der Waals surface area contributed by atoms with E-state index in [0.29, 0.717) is 12.2 Å². The molecule has 0 amide bonds. The maximum absolute atomic E-state index is 12.3. The molecule has 0 radical (unpaired) electrons. The highest BCUT2D eigenvalue weighted by molar-refractivity contribution is 5.36. The van der Waals surface area contributed by atoms with Gasteiger partial charge in [0.25, 0.3) is 5.56 Å². The Balaban J connectivity index is 2.25. The third-order valence-corrected chi connectivity index (χ3v) is 3.92. The van der Waals surface area contributed by atoms with E-state index >= 15 is 0 Å². The molecular weight excluding hydrogens is 276 g/mol. The smallest absolute Gasteiger partial charge is 0.289 e. The average Bonchev–Trinajstić information content (AvgIpc) is 2.48. The Hall–Kier alpha value is -2.45. The van der Waals surface area contributed by atoms with Gasteiger partial charge in [0.05, 0.1) is 12.7 Å². The van der Waals surface area contributed by atoms with E-state index in [2.05, 4.69) is 24.2 Å². The van der Waals surface area contributed by atoms with E-state index in [9.17, 15) is 4.79 Å². The zero-order chi connectivity index (χ0) is 16.3. The van der Waals surface area contributed by atoms with Gasteiger partial charge >= 0.3 is 0 Å². The Morgan fingerprint density at radius 3 is 2.59 bits per heavy atom. The minimum Gasteiger partial charge on any atom is -0.315 e. The molecule has 5 nitrogen and oxygen atoms in total. The van der Waals surface area contributed by atoms with Gasteiger partial charge in [-0.15, -0.1) is 0 Å². The molecule has 1 aromatic carbocycles. The maximum atomic E-state index is 12.3. The molecule has 2 rings (SSSR count). The summed E-state index contributed by atoms with van der Waals surface area (Å²) in [5.41, 5.74) is 3.75. The Bertz CT molecular complexity index is 786. The average molecular weight is 297 g/mol. The van der Waals surface area contributed by atoms with E-state index in [1.807, 2.05) is 32.2 Å². The second-order valence-corrected chi connectivity index (χ2v) is 5.72. The van der Waals surface area contributed by atoms with Gasteiger partial charge in [0.1, 0.15) is 18.2 Å². The second-order valence-electron chi connectivity index (χ2n) is 5.72. The third-order valence-electron chi connectivity index (χ3n) is 3.92. The highest BCUT2D eigenvalue weighted by atomic mass is 16.1. The molecule has 114 valence electrons. The minimum absolute atomic E-state index is 0.191. The van der Waals surface area contributed by atoms with Gasteiger partial charge in [0.15, 0.2) is 6.67 Å². The molecule has 1 aromatic heterocycles. The van der Waals surface area contributed by atoms with Crippen molar-refractivity contribution in [3.63, 3.8) is 0 Å². The van der Waals surface area contributed by atoms with E-state index in [1.165, 1.54) is 15.8 Å². The lowest BCUT2D eigenvalue weighted by molar-refractivity contribution is -0.917. The van der Waals surface area contributed by atoms with E-state index < -0.39 is 0 Å². The summed E-state index contributed by atoms with van der Waals surface area (Å²) in [7, 11) is 2.02. The number of nitrogens with zero attached hydrogens (tertiary/aromatic N) is 3. The zero-order valence-electron chi connectivity index (χ0n) is 13.5. The lowest BCUT2D eigenvalue weighted by Gasteiger charge is -2.17. The van der Waals surface area contributed by atoms with Crippen LogP contribution in [-0.2, 0) is 13.2 Å². The molecule has 0 aliphatic carbocycles. The SMILES string of the molecule is Cc1ccccc1C[NH+](C)Cn1nc(C)c(C)c(C#N)c1=O. The number of aromatic nitrogens is 2. The second kappa shape index (κ2) is 6.54. The predicted octanol–water partition coefficient (Wildman–Crippen LogP) is 0.713. The summed E-state index contributed by atoms with van der Waals surface area (Å²) in [4.78, 5) is 13.4. The van der Waals surface area contributed by atoms with E-state index in [1.54, 1.807) is 6.92 Å². The van der Waals surface area contributed by atoms with Crippen LogP contribution in [0.1, 0.15) is 27.9 Å². The molecule has 0 spiro atoms. The van der Waals surface area contributed by atoms with Gasteiger partial charge in [-0.05, 0) is 31.9 Å². The molecule has 22 heavy (non-hydrogen) atoms. The molecule has 1 N–H and O–H groups in total.